The molecule has 0 radical (unpaired) electrons. The maximum atomic E-state index is 13.0. The summed E-state index contributed by atoms with van der Waals surface area (Å²) in [7, 11) is -3.58. The maximum absolute atomic E-state index is 13.0. The molecule has 0 atom stereocenters. The van der Waals surface area contributed by atoms with Crippen LogP contribution in [0.3, 0.4) is 0 Å². The van der Waals surface area contributed by atoms with Crippen LogP contribution in [0, 0.1) is 6.92 Å². The second kappa shape index (κ2) is 7.37. The number of aromatic nitrogens is 2. The van der Waals surface area contributed by atoms with Crippen LogP contribution in [0.1, 0.15) is 52.8 Å². The Labute approximate surface area is 163 Å². The second-order valence-electron chi connectivity index (χ2n) is 7.25. The standard InChI is InChI=1S/C18H24N4O3S2/c1-13-12-26-17(20-13)14-4-8-22(9-5-14)27(24,25)15-10-16(19-11-15)18(23)21-6-2-3-7-21/h10-12,14,19H,2-9H2,1H3. The molecule has 2 saturated heterocycles. The van der Waals surface area contributed by atoms with Crippen molar-refractivity contribution in [1.82, 2.24) is 19.2 Å². The van der Waals surface area contributed by atoms with Crippen LogP contribution in [0.15, 0.2) is 22.5 Å². The molecule has 9 heteroatoms. The monoisotopic (exact) mass is 408 g/mol. The Morgan fingerprint density at radius 1 is 1.22 bits per heavy atom. The molecule has 1 N–H and O–H groups in total. The zero-order chi connectivity index (χ0) is 19.0. The highest BCUT2D eigenvalue weighted by molar-refractivity contribution is 7.89. The van der Waals surface area contributed by atoms with Gasteiger partial charge in [-0.1, -0.05) is 0 Å². The summed E-state index contributed by atoms with van der Waals surface area (Å²) in [5, 5.41) is 3.14. The number of hydrogen-bond acceptors (Lipinski definition) is 5. The fourth-order valence-electron chi connectivity index (χ4n) is 3.79. The molecule has 146 valence electrons. The number of nitrogens with one attached hydrogen (secondary N) is 1. The van der Waals surface area contributed by atoms with Gasteiger partial charge >= 0.3 is 0 Å². The lowest BCUT2D eigenvalue weighted by molar-refractivity contribution is 0.0787. The Balaban J connectivity index is 1.44. The first kappa shape index (κ1) is 18.6. The Morgan fingerprint density at radius 3 is 2.56 bits per heavy atom. The highest BCUT2D eigenvalue weighted by Crippen LogP contribution is 2.32. The second-order valence-corrected chi connectivity index (χ2v) is 10.1. The number of aromatic amines is 1. The lowest BCUT2D eigenvalue weighted by Crippen LogP contribution is -2.37. The molecule has 2 aromatic heterocycles. The van der Waals surface area contributed by atoms with Crippen LogP contribution in [0.25, 0.3) is 0 Å². The van der Waals surface area contributed by atoms with Crippen molar-refractivity contribution in [3.05, 3.63) is 34.0 Å². The van der Waals surface area contributed by atoms with Crippen LogP contribution in [0.4, 0.5) is 0 Å². The summed E-state index contributed by atoms with van der Waals surface area (Å²) in [5.41, 5.74) is 1.37. The van der Waals surface area contributed by atoms with Crippen molar-refractivity contribution in [3.8, 4) is 0 Å². The van der Waals surface area contributed by atoms with Gasteiger partial charge in [0.2, 0.25) is 10.0 Å². The van der Waals surface area contributed by atoms with Gasteiger partial charge < -0.3 is 9.88 Å². The predicted octanol–water partition coefficient (Wildman–Crippen LogP) is 2.58. The zero-order valence-corrected chi connectivity index (χ0v) is 17.0. The van der Waals surface area contributed by atoms with E-state index in [9.17, 15) is 13.2 Å². The molecule has 2 fully saturated rings. The van der Waals surface area contributed by atoms with Gasteiger partial charge in [-0.25, -0.2) is 13.4 Å². The first-order chi connectivity index (χ1) is 12.9. The van der Waals surface area contributed by atoms with Crippen LogP contribution < -0.4 is 0 Å². The van der Waals surface area contributed by atoms with Gasteiger partial charge in [-0.05, 0) is 38.7 Å². The van der Waals surface area contributed by atoms with Crippen molar-refractivity contribution >= 4 is 27.3 Å². The van der Waals surface area contributed by atoms with E-state index in [1.54, 1.807) is 16.2 Å². The van der Waals surface area contributed by atoms with Gasteiger partial charge in [0.05, 0.1) is 5.01 Å². The first-order valence-electron chi connectivity index (χ1n) is 9.35. The van der Waals surface area contributed by atoms with Crippen LogP contribution in [-0.4, -0.2) is 59.7 Å². The molecule has 0 bridgehead atoms. The highest BCUT2D eigenvalue weighted by Gasteiger charge is 2.32. The van der Waals surface area contributed by atoms with Crippen molar-refractivity contribution in [2.45, 2.75) is 43.4 Å². The number of rotatable bonds is 4. The summed E-state index contributed by atoms with van der Waals surface area (Å²) >= 11 is 1.65. The van der Waals surface area contributed by atoms with E-state index in [2.05, 4.69) is 9.97 Å². The Hall–Kier alpha value is -1.71. The third-order valence-corrected chi connectivity index (χ3v) is 8.36. The van der Waals surface area contributed by atoms with E-state index in [1.165, 1.54) is 16.6 Å². The molecule has 7 nitrogen and oxygen atoms in total. The molecule has 0 aromatic carbocycles. The van der Waals surface area contributed by atoms with Crippen molar-refractivity contribution in [2.75, 3.05) is 26.2 Å². The fourth-order valence-corrected chi connectivity index (χ4v) is 6.22. The smallest absolute Gasteiger partial charge is 0.270 e. The van der Waals surface area contributed by atoms with Crippen LogP contribution in [0.2, 0.25) is 0 Å². The number of H-pyrrole nitrogens is 1. The third-order valence-electron chi connectivity index (χ3n) is 5.36. The van der Waals surface area contributed by atoms with Gasteiger partial charge in [-0.3, -0.25) is 4.79 Å². The van der Waals surface area contributed by atoms with Gasteiger partial charge in [0.25, 0.3) is 5.91 Å². The van der Waals surface area contributed by atoms with E-state index in [0.29, 0.717) is 24.7 Å². The summed E-state index contributed by atoms with van der Waals surface area (Å²) in [6.07, 6.45) is 5.00. The largest absolute Gasteiger partial charge is 0.356 e. The minimum atomic E-state index is -3.58. The van der Waals surface area contributed by atoms with Crippen LogP contribution in [0.5, 0.6) is 0 Å². The van der Waals surface area contributed by atoms with Crippen molar-refractivity contribution in [2.24, 2.45) is 0 Å². The van der Waals surface area contributed by atoms with Gasteiger partial charge in [0.1, 0.15) is 10.6 Å². The minimum Gasteiger partial charge on any atom is -0.356 e. The van der Waals surface area contributed by atoms with Crippen molar-refractivity contribution in [1.29, 1.82) is 0 Å². The number of amides is 1. The SMILES string of the molecule is Cc1csc(C2CCN(S(=O)(=O)c3c[nH]c(C(=O)N4CCCC4)c3)CC2)n1. The number of nitrogens with zero attached hydrogens (tertiary/aromatic N) is 3. The first-order valence-corrected chi connectivity index (χ1v) is 11.7. The highest BCUT2D eigenvalue weighted by atomic mass is 32.2. The van der Waals surface area contributed by atoms with Gasteiger partial charge in [0, 0.05) is 49.4 Å². The third kappa shape index (κ3) is 3.68. The number of carbonyl (C=O) groups is 1. The minimum absolute atomic E-state index is 0.119. The number of hydrogen-bond donors (Lipinski definition) is 1. The van der Waals surface area contributed by atoms with Gasteiger partial charge in [-0.2, -0.15) is 4.31 Å². The molecular weight excluding hydrogens is 384 g/mol. The fraction of sp³-hybridized carbons (Fsp3) is 0.556. The molecule has 4 heterocycles. The summed E-state index contributed by atoms with van der Waals surface area (Å²) in [4.78, 5) is 21.8. The number of aryl methyl sites for hydroxylation is 1. The number of piperidine rings is 1. The molecular formula is C18H24N4O3S2. The Kier molecular flexibility index (Phi) is 5.09. The predicted molar refractivity (Wildman–Crippen MR) is 104 cm³/mol. The lowest BCUT2D eigenvalue weighted by atomic mass is 9.99. The molecule has 0 saturated carbocycles. The topological polar surface area (TPSA) is 86.4 Å². The summed E-state index contributed by atoms with van der Waals surface area (Å²) in [6.45, 7) is 4.41. The molecule has 4 rings (SSSR count). The van der Waals surface area contributed by atoms with Crippen LogP contribution >= 0.6 is 11.3 Å². The molecule has 2 aliphatic heterocycles. The molecule has 2 aromatic rings. The molecule has 2 aliphatic rings. The van der Waals surface area contributed by atoms with Gasteiger partial charge in [-0.15, -0.1) is 11.3 Å². The Bertz CT molecular complexity index is 920. The number of carbonyl (C=O) groups excluding carboxylic acids is 1. The molecule has 27 heavy (non-hydrogen) atoms. The van der Waals surface area contributed by atoms with E-state index in [-0.39, 0.29) is 10.8 Å². The maximum Gasteiger partial charge on any atom is 0.270 e. The van der Waals surface area contributed by atoms with E-state index in [0.717, 1.165) is 49.5 Å². The lowest BCUT2D eigenvalue weighted by Gasteiger charge is -2.30. The van der Waals surface area contributed by atoms with Gasteiger partial charge in [0.15, 0.2) is 0 Å². The number of likely N-dealkylation sites (tertiary alicyclic amines) is 1. The number of sulfonamides is 1. The summed E-state index contributed by atoms with van der Waals surface area (Å²) in [6, 6.07) is 1.48. The number of thiazole rings is 1. The molecule has 0 unspecified atom stereocenters. The zero-order valence-electron chi connectivity index (χ0n) is 15.3. The van der Waals surface area contributed by atoms with E-state index < -0.39 is 10.0 Å². The normalized spacial score (nSPS) is 19.7. The van der Waals surface area contributed by atoms with Crippen LogP contribution in [-0.2, 0) is 10.0 Å². The quantitative estimate of drug-likeness (QED) is 0.842. The average molecular weight is 409 g/mol. The Morgan fingerprint density at radius 2 is 1.93 bits per heavy atom. The van der Waals surface area contributed by atoms with E-state index in [1.807, 2.05) is 12.3 Å². The van der Waals surface area contributed by atoms with E-state index >= 15 is 0 Å². The van der Waals surface area contributed by atoms with E-state index in [4.69, 9.17) is 0 Å². The molecule has 0 spiro atoms. The molecule has 0 aliphatic carbocycles. The van der Waals surface area contributed by atoms with Crippen molar-refractivity contribution < 1.29 is 13.2 Å². The summed E-state index contributed by atoms with van der Waals surface area (Å²) < 4.78 is 27.4. The van der Waals surface area contributed by atoms with Crippen molar-refractivity contribution in [3.63, 3.8) is 0 Å². The average Bonchev–Trinajstić information content (AvgIpc) is 3.42. The molecule has 1 amide bonds. The summed E-state index contributed by atoms with van der Waals surface area (Å²) in [5.74, 6) is 0.209.